The fraction of sp³-hybridized carbons (Fsp3) is 0.167. The van der Waals surface area contributed by atoms with Gasteiger partial charge in [-0.15, -0.1) is 0 Å². The first kappa shape index (κ1) is 12.8. The van der Waals surface area contributed by atoms with E-state index in [1.54, 1.807) is 29.9 Å². The number of halogens is 1. The van der Waals surface area contributed by atoms with Gasteiger partial charge in [0.2, 0.25) is 0 Å². The molecule has 0 aliphatic carbocycles. The molecule has 1 aromatic carbocycles. The van der Waals surface area contributed by atoms with Crippen LogP contribution in [0.2, 0.25) is 0 Å². The van der Waals surface area contributed by atoms with Crippen molar-refractivity contribution >= 4 is 21.8 Å². The molecule has 0 saturated heterocycles. The topological polar surface area (TPSA) is 81.1 Å². The predicted octanol–water partition coefficient (Wildman–Crippen LogP) is 1.79. The molecule has 0 unspecified atom stereocenters. The summed E-state index contributed by atoms with van der Waals surface area (Å²) in [6.45, 7) is 1.69. The second-order valence-corrected chi connectivity index (χ2v) is 4.75. The van der Waals surface area contributed by atoms with Crippen LogP contribution in [0.4, 0.5) is 0 Å². The molecule has 94 valence electrons. The molecule has 6 heteroatoms. The number of aliphatic hydroxyl groups excluding tert-OH is 1. The zero-order valence-electron chi connectivity index (χ0n) is 9.67. The summed E-state index contributed by atoms with van der Waals surface area (Å²) >= 11 is 3.39. The van der Waals surface area contributed by atoms with Gasteiger partial charge in [-0.3, -0.25) is 4.79 Å². The highest BCUT2D eigenvalue weighted by molar-refractivity contribution is 9.10. The van der Waals surface area contributed by atoms with Gasteiger partial charge in [0.15, 0.2) is 0 Å². The maximum absolute atomic E-state index is 11.0. The molecule has 0 aliphatic rings. The van der Waals surface area contributed by atoms with Crippen LogP contribution < -0.4 is 5.73 Å². The van der Waals surface area contributed by atoms with Gasteiger partial charge in [0.1, 0.15) is 5.69 Å². The summed E-state index contributed by atoms with van der Waals surface area (Å²) in [5, 5.41) is 13.6. The number of nitrogens with two attached hydrogens (primary N) is 1. The number of nitrogens with zero attached hydrogens (tertiary/aromatic N) is 2. The minimum Gasteiger partial charge on any atom is -0.389 e. The van der Waals surface area contributed by atoms with Crippen LogP contribution in [0.25, 0.3) is 5.69 Å². The fourth-order valence-electron chi connectivity index (χ4n) is 1.60. The number of primary amides is 1. The van der Waals surface area contributed by atoms with Gasteiger partial charge in [-0.25, -0.2) is 4.68 Å². The molecule has 0 saturated carbocycles. The van der Waals surface area contributed by atoms with Gasteiger partial charge < -0.3 is 10.8 Å². The Morgan fingerprint density at radius 1 is 1.50 bits per heavy atom. The molecule has 2 aromatic rings. The Balaban J connectivity index is 2.39. The minimum absolute atomic E-state index is 0.214. The number of hydrogen-bond donors (Lipinski definition) is 2. The molecule has 5 nitrogen and oxygen atoms in total. The molecule has 0 fully saturated rings. The van der Waals surface area contributed by atoms with Crippen LogP contribution in [-0.4, -0.2) is 20.8 Å². The second kappa shape index (κ2) is 4.91. The predicted molar refractivity (Wildman–Crippen MR) is 70.4 cm³/mol. The number of hydrogen-bond acceptors (Lipinski definition) is 3. The number of rotatable bonds is 3. The maximum atomic E-state index is 11.0. The van der Waals surface area contributed by atoms with Crippen molar-refractivity contribution in [3.8, 4) is 5.69 Å². The Hall–Kier alpha value is -1.66. The maximum Gasteiger partial charge on any atom is 0.269 e. The summed E-state index contributed by atoms with van der Waals surface area (Å²) in [5.74, 6) is -0.562. The largest absolute Gasteiger partial charge is 0.389 e. The van der Waals surface area contributed by atoms with E-state index in [4.69, 9.17) is 5.73 Å². The van der Waals surface area contributed by atoms with Crippen LogP contribution >= 0.6 is 15.9 Å². The molecule has 1 amide bonds. The lowest BCUT2D eigenvalue weighted by atomic mass is 10.1. The first-order chi connectivity index (χ1) is 8.49. The monoisotopic (exact) mass is 309 g/mol. The molecule has 1 aromatic heterocycles. The van der Waals surface area contributed by atoms with Gasteiger partial charge in [0.25, 0.3) is 5.91 Å². The first-order valence-corrected chi connectivity index (χ1v) is 6.11. The average Bonchev–Trinajstić information content (AvgIpc) is 2.77. The molecule has 0 radical (unpaired) electrons. The van der Waals surface area contributed by atoms with Crippen LogP contribution in [0.15, 0.2) is 34.9 Å². The Kier molecular flexibility index (Phi) is 3.49. The summed E-state index contributed by atoms with van der Waals surface area (Å²) in [4.78, 5) is 11.0. The third-order valence-corrected chi connectivity index (χ3v) is 3.23. The molecule has 3 N–H and O–H groups in total. The first-order valence-electron chi connectivity index (χ1n) is 5.32. The number of aliphatic hydroxyl groups is 1. The quantitative estimate of drug-likeness (QED) is 0.907. The van der Waals surface area contributed by atoms with Gasteiger partial charge in [0.05, 0.1) is 11.8 Å². The van der Waals surface area contributed by atoms with Crippen molar-refractivity contribution in [2.45, 2.75) is 13.0 Å². The fourth-order valence-corrected chi connectivity index (χ4v) is 2.29. The number of amides is 1. The lowest BCUT2D eigenvalue weighted by Gasteiger charge is -2.09. The number of benzene rings is 1. The SMILES string of the molecule is C[C@H](O)c1ccc(-n2ccc(C(N)=O)n2)cc1Br. The van der Waals surface area contributed by atoms with Gasteiger partial charge in [-0.2, -0.15) is 5.10 Å². The molecular formula is C12H12BrN3O2. The van der Waals surface area contributed by atoms with E-state index in [9.17, 15) is 9.90 Å². The van der Waals surface area contributed by atoms with E-state index in [-0.39, 0.29) is 5.69 Å². The molecule has 0 bridgehead atoms. The van der Waals surface area contributed by atoms with Crippen LogP contribution in [0, 0.1) is 0 Å². The van der Waals surface area contributed by atoms with Crippen molar-refractivity contribution in [2.24, 2.45) is 5.73 Å². The highest BCUT2D eigenvalue weighted by Gasteiger charge is 2.09. The Morgan fingerprint density at radius 2 is 2.22 bits per heavy atom. The van der Waals surface area contributed by atoms with Crippen molar-refractivity contribution in [1.82, 2.24) is 9.78 Å². The summed E-state index contributed by atoms with van der Waals surface area (Å²) < 4.78 is 2.34. The van der Waals surface area contributed by atoms with Crippen LogP contribution in [-0.2, 0) is 0 Å². The van der Waals surface area contributed by atoms with Crippen LogP contribution in [0.1, 0.15) is 29.1 Å². The normalized spacial score (nSPS) is 12.4. The summed E-state index contributed by atoms with van der Waals surface area (Å²) in [5.41, 5.74) is 6.92. The lowest BCUT2D eigenvalue weighted by Crippen LogP contribution is -2.12. The van der Waals surface area contributed by atoms with Gasteiger partial charge in [-0.1, -0.05) is 22.0 Å². The van der Waals surface area contributed by atoms with Crippen molar-refractivity contribution in [3.63, 3.8) is 0 Å². The number of carbonyl (C=O) groups excluding carboxylic acids is 1. The summed E-state index contributed by atoms with van der Waals surface area (Å²) in [6.07, 6.45) is 1.11. The molecule has 1 heterocycles. The molecule has 0 spiro atoms. The van der Waals surface area contributed by atoms with E-state index >= 15 is 0 Å². The van der Waals surface area contributed by atoms with E-state index in [0.717, 1.165) is 15.7 Å². The zero-order chi connectivity index (χ0) is 13.3. The van der Waals surface area contributed by atoms with E-state index < -0.39 is 12.0 Å². The Bertz CT molecular complexity index is 593. The lowest BCUT2D eigenvalue weighted by molar-refractivity contribution is 0.0995. The molecular weight excluding hydrogens is 298 g/mol. The van der Waals surface area contributed by atoms with Gasteiger partial charge in [0, 0.05) is 10.7 Å². The van der Waals surface area contributed by atoms with Crippen molar-refractivity contribution in [3.05, 3.63) is 46.2 Å². The van der Waals surface area contributed by atoms with Gasteiger partial charge in [-0.05, 0) is 30.7 Å². The third-order valence-electron chi connectivity index (χ3n) is 2.54. The Labute approximate surface area is 112 Å². The highest BCUT2D eigenvalue weighted by atomic mass is 79.9. The van der Waals surface area contributed by atoms with E-state index in [1.165, 1.54) is 0 Å². The van der Waals surface area contributed by atoms with E-state index in [1.807, 2.05) is 12.1 Å². The molecule has 0 aliphatic heterocycles. The molecule has 1 atom stereocenters. The second-order valence-electron chi connectivity index (χ2n) is 3.89. The third kappa shape index (κ3) is 2.44. The average molecular weight is 310 g/mol. The Morgan fingerprint density at radius 3 is 2.72 bits per heavy atom. The summed E-state index contributed by atoms with van der Waals surface area (Å²) in [7, 11) is 0. The molecule has 2 rings (SSSR count). The smallest absolute Gasteiger partial charge is 0.269 e. The van der Waals surface area contributed by atoms with Crippen molar-refractivity contribution in [2.75, 3.05) is 0 Å². The number of aromatic nitrogens is 2. The van der Waals surface area contributed by atoms with E-state index in [2.05, 4.69) is 21.0 Å². The molecule has 18 heavy (non-hydrogen) atoms. The van der Waals surface area contributed by atoms with Crippen LogP contribution in [0.3, 0.4) is 0 Å². The highest BCUT2D eigenvalue weighted by Crippen LogP contribution is 2.25. The standard InChI is InChI=1S/C12H12BrN3O2/c1-7(17)9-3-2-8(6-10(9)13)16-5-4-11(15-16)12(14)18/h2-7,17H,1H3,(H2,14,18)/t7-/m0/s1. The van der Waals surface area contributed by atoms with Gasteiger partial charge >= 0.3 is 0 Å². The van der Waals surface area contributed by atoms with Crippen molar-refractivity contribution < 1.29 is 9.90 Å². The summed E-state index contributed by atoms with van der Waals surface area (Å²) in [6, 6.07) is 6.99. The zero-order valence-corrected chi connectivity index (χ0v) is 11.3. The van der Waals surface area contributed by atoms with Crippen LogP contribution in [0.5, 0.6) is 0 Å². The number of carbonyl (C=O) groups is 1. The minimum atomic E-state index is -0.562. The van der Waals surface area contributed by atoms with Crippen molar-refractivity contribution in [1.29, 1.82) is 0 Å². The van der Waals surface area contributed by atoms with E-state index in [0.29, 0.717) is 0 Å².